The largest absolute Gasteiger partial charge is 0.391 e. The molecule has 0 aromatic heterocycles. The molecule has 3 atom stereocenters. The second-order valence-corrected chi connectivity index (χ2v) is 3.98. The van der Waals surface area contributed by atoms with Gasteiger partial charge in [-0.2, -0.15) is 0 Å². The normalized spacial score (nSPS) is 17.1. The maximum Gasteiger partial charge on any atom is 0.161 e. The topological polar surface area (TPSA) is 77.8 Å². The van der Waals surface area contributed by atoms with E-state index in [2.05, 4.69) is 0 Å². The van der Waals surface area contributed by atoms with Gasteiger partial charge in [0.1, 0.15) is 6.10 Å². The lowest BCUT2D eigenvalue weighted by molar-refractivity contribution is -0.129. The number of hydrogen-bond acceptors (Lipinski definition) is 4. The maximum absolute atomic E-state index is 11.3. The maximum atomic E-state index is 11.3. The van der Waals surface area contributed by atoms with Gasteiger partial charge in [-0.3, -0.25) is 4.79 Å². The number of Topliss-reactive ketones (excluding diaryl/α,β-unsaturated/α-hetero) is 1. The number of aliphatic hydroxyl groups excluding tert-OH is 3. The van der Waals surface area contributed by atoms with Crippen molar-refractivity contribution in [2.45, 2.75) is 64.3 Å². The van der Waals surface area contributed by atoms with Crippen LogP contribution in [-0.4, -0.2) is 39.4 Å². The van der Waals surface area contributed by atoms with E-state index in [0.717, 1.165) is 19.3 Å². The molecule has 0 heterocycles. The number of rotatable bonds is 8. The minimum Gasteiger partial charge on any atom is -0.391 e. The number of carbonyl (C=O) groups excluding carboxylic acids is 1. The molecule has 0 unspecified atom stereocenters. The van der Waals surface area contributed by atoms with Gasteiger partial charge in [0.2, 0.25) is 0 Å². The van der Waals surface area contributed by atoms with Gasteiger partial charge >= 0.3 is 0 Å². The predicted octanol–water partition coefficient (Wildman–Crippen LogP) is 0.628. The average molecular weight is 218 g/mol. The van der Waals surface area contributed by atoms with Crippen molar-refractivity contribution in [3.05, 3.63) is 0 Å². The summed E-state index contributed by atoms with van der Waals surface area (Å²) in [6.07, 6.45) is -0.0528. The Kier molecular flexibility index (Phi) is 7.56. The smallest absolute Gasteiger partial charge is 0.161 e. The zero-order valence-corrected chi connectivity index (χ0v) is 9.52. The molecule has 0 amide bonds. The summed E-state index contributed by atoms with van der Waals surface area (Å²) in [5, 5.41) is 27.7. The summed E-state index contributed by atoms with van der Waals surface area (Å²) in [6.45, 7) is 3.47. The molecule has 0 saturated heterocycles. The van der Waals surface area contributed by atoms with Crippen molar-refractivity contribution in [2.75, 3.05) is 0 Å². The van der Waals surface area contributed by atoms with Crippen LogP contribution in [0.15, 0.2) is 0 Å². The third-order valence-corrected chi connectivity index (χ3v) is 2.42. The molecule has 0 aliphatic heterocycles. The SMILES string of the molecule is CCCCCC(=O)[C@H](O)C[C@@H](O)[C@@H](C)O. The van der Waals surface area contributed by atoms with E-state index in [4.69, 9.17) is 5.11 Å². The van der Waals surface area contributed by atoms with Gasteiger partial charge < -0.3 is 15.3 Å². The number of ketones is 1. The zero-order chi connectivity index (χ0) is 11.8. The Bertz CT molecular complexity index is 179. The van der Waals surface area contributed by atoms with Crippen LogP contribution in [0.4, 0.5) is 0 Å². The van der Waals surface area contributed by atoms with E-state index in [-0.39, 0.29) is 12.2 Å². The highest BCUT2D eigenvalue weighted by molar-refractivity contribution is 5.82. The predicted molar refractivity (Wildman–Crippen MR) is 57.5 cm³/mol. The van der Waals surface area contributed by atoms with Crippen molar-refractivity contribution in [3.8, 4) is 0 Å². The average Bonchev–Trinajstić information content (AvgIpc) is 2.17. The minimum atomic E-state index is -1.15. The second-order valence-electron chi connectivity index (χ2n) is 3.98. The van der Waals surface area contributed by atoms with Gasteiger partial charge in [0.05, 0.1) is 12.2 Å². The van der Waals surface area contributed by atoms with E-state index < -0.39 is 18.3 Å². The molecule has 0 aliphatic rings. The molecule has 0 radical (unpaired) electrons. The molecule has 0 aromatic rings. The minimum absolute atomic E-state index is 0.0807. The molecule has 0 aromatic carbocycles. The first-order valence-corrected chi connectivity index (χ1v) is 5.56. The van der Waals surface area contributed by atoms with E-state index in [9.17, 15) is 15.0 Å². The van der Waals surface area contributed by atoms with Crippen molar-refractivity contribution in [1.82, 2.24) is 0 Å². The van der Waals surface area contributed by atoms with Crippen molar-refractivity contribution in [1.29, 1.82) is 0 Å². The fraction of sp³-hybridized carbons (Fsp3) is 0.909. The lowest BCUT2D eigenvalue weighted by Crippen LogP contribution is -2.31. The monoisotopic (exact) mass is 218 g/mol. The number of unbranched alkanes of at least 4 members (excludes halogenated alkanes) is 2. The summed E-state index contributed by atoms with van der Waals surface area (Å²) in [5.74, 6) is -0.247. The van der Waals surface area contributed by atoms with Gasteiger partial charge in [0, 0.05) is 12.8 Å². The summed E-state index contributed by atoms with van der Waals surface area (Å²) < 4.78 is 0. The third kappa shape index (κ3) is 6.60. The first-order valence-electron chi connectivity index (χ1n) is 5.56. The molecular formula is C11H22O4. The lowest BCUT2D eigenvalue weighted by Gasteiger charge is -2.16. The Balaban J connectivity index is 3.78. The van der Waals surface area contributed by atoms with Gasteiger partial charge in [-0.25, -0.2) is 0 Å². The lowest BCUT2D eigenvalue weighted by atomic mass is 10.0. The van der Waals surface area contributed by atoms with Crippen LogP contribution in [0.25, 0.3) is 0 Å². The summed E-state index contributed by atoms with van der Waals surface area (Å²) in [6, 6.07) is 0. The van der Waals surface area contributed by atoms with Crippen LogP contribution in [-0.2, 0) is 4.79 Å². The molecule has 0 fully saturated rings. The number of carbonyl (C=O) groups is 1. The molecule has 90 valence electrons. The fourth-order valence-corrected chi connectivity index (χ4v) is 1.27. The molecule has 3 N–H and O–H groups in total. The number of aliphatic hydroxyl groups is 3. The number of hydrogen-bond donors (Lipinski definition) is 3. The highest BCUT2D eigenvalue weighted by Gasteiger charge is 2.21. The molecular weight excluding hydrogens is 196 g/mol. The Morgan fingerprint density at radius 1 is 1.20 bits per heavy atom. The van der Waals surface area contributed by atoms with Crippen LogP contribution in [0.2, 0.25) is 0 Å². The summed E-state index contributed by atoms with van der Waals surface area (Å²) in [7, 11) is 0. The first kappa shape index (κ1) is 14.6. The Hall–Kier alpha value is -0.450. The standard InChI is InChI=1S/C11H22O4/c1-3-4-5-6-9(13)11(15)7-10(14)8(2)12/h8,10-12,14-15H,3-7H2,1-2H3/t8-,10-,11-/m1/s1. The van der Waals surface area contributed by atoms with Crippen molar-refractivity contribution >= 4 is 5.78 Å². The van der Waals surface area contributed by atoms with Gasteiger partial charge in [-0.15, -0.1) is 0 Å². The quantitative estimate of drug-likeness (QED) is 0.522. The molecule has 4 nitrogen and oxygen atoms in total. The van der Waals surface area contributed by atoms with E-state index in [1.807, 2.05) is 6.92 Å². The summed E-state index contributed by atoms with van der Waals surface area (Å²) >= 11 is 0. The van der Waals surface area contributed by atoms with Crippen LogP contribution in [0.5, 0.6) is 0 Å². The van der Waals surface area contributed by atoms with Crippen LogP contribution >= 0.6 is 0 Å². The Morgan fingerprint density at radius 3 is 2.27 bits per heavy atom. The zero-order valence-electron chi connectivity index (χ0n) is 9.52. The molecule has 0 spiro atoms. The summed E-state index contributed by atoms with van der Waals surface area (Å²) in [4.78, 5) is 11.3. The fourth-order valence-electron chi connectivity index (χ4n) is 1.27. The molecule has 15 heavy (non-hydrogen) atoms. The van der Waals surface area contributed by atoms with Crippen molar-refractivity contribution < 1.29 is 20.1 Å². The van der Waals surface area contributed by atoms with E-state index >= 15 is 0 Å². The highest BCUT2D eigenvalue weighted by atomic mass is 16.3. The van der Waals surface area contributed by atoms with E-state index in [1.54, 1.807) is 0 Å². The molecule has 0 saturated carbocycles. The van der Waals surface area contributed by atoms with Crippen LogP contribution in [0.3, 0.4) is 0 Å². The van der Waals surface area contributed by atoms with Gasteiger partial charge in [0.25, 0.3) is 0 Å². The van der Waals surface area contributed by atoms with E-state index in [1.165, 1.54) is 6.92 Å². The first-order chi connectivity index (χ1) is 6.99. The van der Waals surface area contributed by atoms with Crippen molar-refractivity contribution in [2.24, 2.45) is 0 Å². The van der Waals surface area contributed by atoms with Gasteiger partial charge in [0.15, 0.2) is 5.78 Å². The van der Waals surface area contributed by atoms with Crippen molar-refractivity contribution in [3.63, 3.8) is 0 Å². The van der Waals surface area contributed by atoms with Gasteiger partial charge in [-0.1, -0.05) is 19.8 Å². The van der Waals surface area contributed by atoms with Crippen LogP contribution < -0.4 is 0 Å². The second kappa shape index (κ2) is 7.79. The third-order valence-electron chi connectivity index (χ3n) is 2.42. The Morgan fingerprint density at radius 2 is 1.80 bits per heavy atom. The molecule has 0 aliphatic carbocycles. The Labute approximate surface area is 90.9 Å². The molecule has 0 bridgehead atoms. The molecule has 0 rings (SSSR count). The highest BCUT2D eigenvalue weighted by Crippen LogP contribution is 2.08. The van der Waals surface area contributed by atoms with Gasteiger partial charge in [-0.05, 0) is 13.3 Å². The van der Waals surface area contributed by atoms with Crippen LogP contribution in [0.1, 0.15) is 46.0 Å². The summed E-state index contributed by atoms with van der Waals surface area (Å²) in [5.41, 5.74) is 0. The van der Waals surface area contributed by atoms with Crippen LogP contribution in [0, 0.1) is 0 Å². The van der Waals surface area contributed by atoms with E-state index in [0.29, 0.717) is 6.42 Å². The molecule has 4 heteroatoms.